The van der Waals surface area contributed by atoms with E-state index < -0.39 is 0 Å². The van der Waals surface area contributed by atoms with E-state index in [0.29, 0.717) is 51.8 Å². The second-order valence-corrected chi connectivity index (χ2v) is 6.54. The summed E-state index contributed by atoms with van der Waals surface area (Å²) < 4.78 is 12.4. The average Bonchev–Trinajstić information content (AvgIpc) is 3.33. The lowest BCUT2D eigenvalue weighted by Gasteiger charge is -2.35. The van der Waals surface area contributed by atoms with Crippen LogP contribution in [0.15, 0.2) is 0 Å². The first kappa shape index (κ1) is 15.7. The molecular weight excluding hydrogens is 336 g/mol. The summed E-state index contributed by atoms with van der Waals surface area (Å²) in [4.78, 5) is 28.4. The third-order valence-electron chi connectivity index (χ3n) is 4.68. The number of ether oxygens (including phenoxy) is 2. The van der Waals surface area contributed by atoms with Crippen LogP contribution in [0.3, 0.4) is 0 Å². The topological polar surface area (TPSA) is 76.9 Å². The zero-order valence-corrected chi connectivity index (χ0v) is 14.0. The molecule has 4 rings (SSSR count). The van der Waals surface area contributed by atoms with Gasteiger partial charge in [0.1, 0.15) is 17.7 Å². The standard InChI is InChI=1S/C15H19ClN4O4/c16-11-12(17-20-7-9-24-15(11)20)14(22)19-5-3-18(4-6-19)13(21)10-2-1-8-23-10/h10H,1-9H2. The van der Waals surface area contributed by atoms with E-state index in [0.717, 1.165) is 12.8 Å². The molecule has 0 aliphatic carbocycles. The molecule has 0 radical (unpaired) electrons. The van der Waals surface area contributed by atoms with Gasteiger partial charge in [-0.1, -0.05) is 11.6 Å². The molecular formula is C15H19ClN4O4. The molecule has 3 aliphatic heterocycles. The molecule has 3 aliphatic rings. The summed E-state index contributed by atoms with van der Waals surface area (Å²) in [6.45, 7) is 3.73. The largest absolute Gasteiger partial charge is 0.475 e. The van der Waals surface area contributed by atoms with Crippen molar-refractivity contribution in [1.82, 2.24) is 19.6 Å². The van der Waals surface area contributed by atoms with E-state index in [9.17, 15) is 9.59 Å². The van der Waals surface area contributed by atoms with Gasteiger partial charge in [0.15, 0.2) is 5.69 Å². The Kier molecular flexibility index (Phi) is 4.09. The third-order valence-corrected chi connectivity index (χ3v) is 5.02. The Balaban J connectivity index is 1.39. The second-order valence-electron chi connectivity index (χ2n) is 6.16. The normalized spacial score (nSPS) is 23.3. The molecule has 1 aromatic heterocycles. The van der Waals surface area contributed by atoms with Gasteiger partial charge in [-0.2, -0.15) is 5.10 Å². The van der Waals surface area contributed by atoms with Gasteiger partial charge in [0.2, 0.25) is 5.88 Å². The lowest BCUT2D eigenvalue weighted by Crippen LogP contribution is -2.52. The molecule has 2 amide bonds. The van der Waals surface area contributed by atoms with Crippen LogP contribution in [-0.2, 0) is 16.1 Å². The van der Waals surface area contributed by atoms with Crippen LogP contribution in [-0.4, -0.2) is 76.9 Å². The van der Waals surface area contributed by atoms with Crippen LogP contribution < -0.4 is 4.74 Å². The SMILES string of the molecule is O=C(c1nn2c(c1Cl)OCC2)N1CCN(C(=O)C2CCCO2)CC1. The number of nitrogens with zero attached hydrogens (tertiary/aromatic N) is 4. The molecule has 2 saturated heterocycles. The molecule has 0 N–H and O–H groups in total. The van der Waals surface area contributed by atoms with E-state index in [1.54, 1.807) is 14.5 Å². The summed E-state index contributed by atoms with van der Waals surface area (Å²) in [7, 11) is 0. The van der Waals surface area contributed by atoms with Crippen molar-refractivity contribution in [3.05, 3.63) is 10.7 Å². The Morgan fingerprint density at radius 1 is 1.08 bits per heavy atom. The molecule has 0 bridgehead atoms. The molecule has 1 unspecified atom stereocenters. The third kappa shape index (κ3) is 2.63. The van der Waals surface area contributed by atoms with Crippen molar-refractivity contribution in [3.63, 3.8) is 0 Å². The lowest BCUT2D eigenvalue weighted by molar-refractivity contribution is -0.142. The number of hydrogen-bond donors (Lipinski definition) is 0. The fourth-order valence-electron chi connectivity index (χ4n) is 3.34. The quantitative estimate of drug-likeness (QED) is 0.768. The number of carbonyl (C=O) groups excluding carboxylic acids is 2. The molecule has 0 aromatic carbocycles. The van der Waals surface area contributed by atoms with Crippen molar-refractivity contribution in [2.45, 2.75) is 25.5 Å². The maximum absolute atomic E-state index is 12.6. The second kappa shape index (κ2) is 6.25. The first-order valence-corrected chi connectivity index (χ1v) is 8.61. The molecule has 130 valence electrons. The number of fused-ring (bicyclic) bond motifs is 1. The minimum absolute atomic E-state index is 0.0343. The number of halogens is 1. The molecule has 0 spiro atoms. The highest BCUT2D eigenvalue weighted by molar-refractivity contribution is 6.34. The van der Waals surface area contributed by atoms with Gasteiger partial charge in [0, 0.05) is 32.8 Å². The van der Waals surface area contributed by atoms with Crippen LogP contribution in [0.4, 0.5) is 0 Å². The predicted molar refractivity (Wildman–Crippen MR) is 84.2 cm³/mol. The van der Waals surface area contributed by atoms with Crippen molar-refractivity contribution in [3.8, 4) is 5.88 Å². The lowest BCUT2D eigenvalue weighted by atomic mass is 10.2. The van der Waals surface area contributed by atoms with E-state index in [1.165, 1.54) is 0 Å². The molecule has 24 heavy (non-hydrogen) atoms. The Morgan fingerprint density at radius 3 is 2.50 bits per heavy atom. The zero-order chi connectivity index (χ0) is 16.7. The Labute approximate surface area is 144 Å². The van der Waals surface area contributed by atoms with Crippen molar-refractivity contribution < 1.29 is 19.1 Å². The van der Waals surface area contributed by atoms with E-state index in [-0.39, 0.29) is 28.6 Å². The Hall–Kier alpha value is -1.80. The number of amides is 2. The van der Waals surface area contributed by atoms with Crippen LogP contribution in [0.5, 0.6) is 5.88 Å². The minimum atomic E-state index is -0.310. The molecule has 8 nitrogen and oxygen atoms in total. The van der Waals surface area contributed by atoms with Gasteiger partial charge >= 0.3 is 0 Å². The number of aromatic nitrogens is 2. The van der Waals surface area contributed by atoms with Crippen molar-refractivity contribution in [2.24, 2.45) is 0 Å². The van der Waals surface area contributed by atoms with Gasteiger partial charge in [-0.25, -0.2) is 4.68 Å². The summed E-state index contributed by atoms with van der Waals surface area (Å²) >= 11 is 6.21. The number of piperazine rings is 1. The van der Waals surface area contributed by atoms with Gasteiger partial charge in [0.05, 0.1) is 6.54 Å². The van der Waals surface area contributed by atoms with E-state index in [1.807, 2.05) is 0 Å². The fourth-order valence-corrected chi connectivity index (χ4v) is 3.61. The fraction of sp³-hybridized carbons (Fsp3) is 0.667. The molecule has 1 atom stereocenters. The van der Waals surface area contributed by atoms with E-state index >= 15 is 0 Å². The maximum Gasteiger partial charge on any atom is 0.276 e. The van der Waals surface area contributed by atoms with Crippen molar-refractivity contribution in [2.75, 3.05) is 39.4 Å². The number of rotatable bonds is 2. The summed E-state index contributed by atoms with van der Waals surface area (Å²) in [5.41, 5.74) is 0.227. The predicted octanol–water partition coefficient (Wildman–Crippen LogP) is 0.392. The Bertz CT molecular complexity index is 663. The summed E-state index contributed by atoms with van der Waals surface area (Å²) in [5.74, 6) is 0.286. The number of hydrogen-bond acceptors (Lipinski definition) is 5. The average molecular weight is 355 g/mol. The highest BCUT2D eigenvalue weighted by Crippen LogP contribution is 2.32. The molecule has 2 fully saturated rings. The summed E-state index contributed by atoms with van der Waals surface area (Å²) in [6.07, 6.45) is 1.41. The van der Waals surface area contributed by atoms with Gasteiger partial charge in [0.25, 0.3) is 11.8 Å². The smallest absolute Gasteiger partial charge is 0.276 e. The van der Waals surface area contributed by atoms with E-state index in [4.69, 9.17) is 21.1 Å². The van der Waals surface area contributed by atoms with Gasteiger partial charge < -0.3 is 19.3 Å². The van der Waals surface area contributed by atoms with Gasteiger partial charge in [-0.15, -0.1) is 0 Å². The molecule has 0 saturated carbocycles. The van der Waals surface area contributed by atoms with Crippen LogP contribution >= 0.6 is 11.6 Å². The van der Waals surface area contributed by atoms with Crippen LogP contribution in [0.1, 0.15) is 23.3 Å². The molecule has 9 heteroatoms. The highest BCUT2D eigenvalue weighted by atomic mass is 35.5. The monoisotopic (exact) mass is 354 g/mol. The van der Waals surface area contributed by atoms with Crippen LogP contribution in [0, 0.1) is 0 Å². The van der Waals surface area contributed by atoms with Crippen LogP contribution in [0.25, 0.3) is 0 Å². The minimum Gasteiger partial charge on any atom is -0.475 e. The maximum atomic E-state index is 12.6. The molecule has 4 heterocycles. The van der Waals surface area contributed by atoms with Gasteiger partial charge in [-0.3, -0.25) is 9.59 Å². The molecule has 1 aromatic rings. The summed E-state index contributed by atoms with van der Waals surface area (Å²) in [6, 6.07) is 0. The summed E-state index contributed by atoms with van der Waals surface area (Å²) in [5, 5.41) is 4.52. The van der Waals surface area contributed by atoms with Crippen LogP contribution in [0.2, 0.25) is 5.02 Å². The van der Waals surface area contributed by atoms with Crippen molar-refractivity contribution >= 4 is 23.4 Å². The first-order valence-electron chi connectivity index (χ1n) is 8.24. The highest BCUT2D eigenvalue weighted by Gasteiger charge is 2.34. The number of carbonyl (C=O) groups is 2. The van der Waals surface area contributed by atoms with Gasteiger partial charge in [-0.05, 0) is 12.8 Å². The first-order chi connectivity index (χ1) is 11.6. The van der Waals surface area contributed by atoms with Crippen molar-refractivity contribution in [1.29, 1.82) is 0 Å². The van der Waals surface area contributed by atoms with E-state index in [2.05, 4.69) is 5.10 Å². The zero-order valence-electron chi connectivity index (χ0n) is 13.2. The Morgan fingerprint density at radius 2 is 1.83 bits per heavy atom.